The fraction of sp³-hybridized carbons (Fsp3) is 0.588. The molecule has 1 aliphatic carbocycles. The smallest absolute Gasteiger partial charge is 0.226 e. The first-order valence-electron chi connectivity index (χ1n) is 7.62. The molecule has 1 saturated carbocycles. The highest BCUT2D eigenvalue weighted by Gasteiger charge is 2.46. The Morgan fingerprint density at radius 2 is 2.10 bits per heavy atom. The van der Waals surface area contributed by atoms with Gasteiger partial charge in [0.1, 0.15) is 0 Å². The van der Waals surface area contributed by atoms with Gasteiger partial charge in [-0.1, -0.05) is 29.8 Å². The summed E-state index contributed by atoms with van der Waals surface area (Å²) in [7, 11) is 2.13. The summed E-state index contributed by atoms with van der Waals surface area (Å²) in [5.74, 6) is 1.05. The largest absolute Gasteiger partial charge is 0.337 e. The highest BCUT2D eigenvalue weighted by atomic mass is 16.2. The van der Waals surface area contributed by atoms with Crippen molar-refractivity contribution in [1.82, 2.24) is 9.80 Å². The number of likely N-dealkylation sites (N-methyl/N-ethyl adjacent to an activating group) is 1. The molecule has 0 bridgehead atoms. The van der Waals surface area contributed by atoms with Crippen LogP contribution in [0.3, 0.4) is 0 Å². The number of rotatable bonds is 2. The molecule has 0 aromatic heterocycles. The summed E-state index contributed by atoms with van der Waals surface area (Å²) in [5, 5.41) is 0. The Hall–Kier alpha value is -1.35. The number of carbonyl (C=O) groups excluding carboxylic acids is 1. The van der Waals surface area contributed by atoms with Crippen molar-refractivity contribution in [3.8, 4) is 0 Å². The second kappa shape index (κ2) is 5.21. The average Bonchev–Trinajstić information content (AvgIpc) is 3.18. The molecule has 3 atom stereocenters. The molecule has 1 aromatic rings. The molecule has 1 aromatic carbocycles. The summed E-state index contributed by atoms with van der Waals surface area (Å²) < 4.78 is 0. The molecule has 108 valence electrons. The van der Waals surface area contributed by atoms with E-state index < -0.39 is 0 Å². The van der Waals surface area contributed by atoms with Gasteiger partial charge in [-0.25, -0.2) is 0 Å². The molecule has 1 heterocycles. The zero-order valence-corrected chi connectivity index (χ0v) is 12.7. The van der Waals surface area contributed by atoms with Gasteiger partial charge in [-0.3, -0.25) is 4.79 Å². The minimum atomic E-state index is 0.225. The Kier molecular flexibility index (Phi) is 3.55. The van der Waals surface area contributed by atoms with Crippen LogP contribution in [-0.2, 0) is 4.79 Å². The van der Waals surface area contributed by atoms with Gasteiger partial charge in [-0.15, -0.1) is 0 Å². The van der Waals surface area contributed by atoms with Gasteiger partial charge in [0.15, 0.2) is 0 Å². The molecule has 3 unspecified atom stereocenters. The lowest BCUT2D eigenvalue weighted by atomic mass is 10.1. The molecule has 2 aliphatic rings. The summed E-state index contributed by atoms with van der Waals surface area (Å²) in [6.45, 7) is 7.15. The van der Waals surface area contributed by atoms with E-state index in [0.717, 1.165) is 26.1 Å². The van der Waals surface area contributed by atoms with E-state index in [0.29, 0.717) is 17.9 Å². The molecule has 1 aliphatic heterocycles. The summed E-state index contributed by atoms with van der Waals surface area (Å²) in [6, 6.07) is 8.96. The first-order chi connectivity index (χ1) is 9.56. The van der Waals surface area contributed by atoms with Crippen molar-refractivity contribution in [2.45, 2.75) is 32.2 Å². The fourth-order valence-corrected chi connectivity index (χ4v) is 3.42. The number of aryl methyl sites for hydroxylation is 1. The monoisotopic (exact) mass is 272 g/mol. The molecule has 3 rings (SSSR count). The van der Waals surface area contributed by atoms with Crippen LogP contribution >= 0.6 is 0 Å². The van der Waals surface area contributed by atoms with Gasteiger partial charge in [0.25, 0.3) is 0 Å². The van der Waals surface area contributed by atoms with E-state index in [9.17, 15) is 4.79 Å². The molecule has 0 spiro atoms. The van der Waals surface area contributed by atoms with E-state index in [1.165, 1.54) is 11.1 Å². The number of piperazine rings is 1. The van der Waals surface area contributed by atoms with Crippen LogP contribution < -0.4 is 0 Å². The van der Waals surface area contributed by atoms with Gasteiger partial charge in [0, 0.05) is 31.6 Å². The second-order valence-corrected chi connectivity index (χ2v) is 6.51. The Labute approximate surface area is 121 Å². The lowest BCUT2D eigenvalue weighted by Gasteiger charge is -2.38. The van der Waals surface area contributed by atoms with Crippen molar-refractivity contribution < 1.29 is 4.79 Å². The lowest BCUT2D eigenvalue weighted by Crippen LogP contribution is -2.53. The molecule has 1 amide bonds. The highest BCUT2D eigenvalue weighted by molar-refractivity contribution is 5.83. The summed E-state index contributed by atoms with van der Waals surface area (Å²) in [5.41, 5.74) is 2.62. The van der Waals surface area contributed by atoms with Crippen molar-refractivity contribution in [2.75, 3.05) is 26.7 Å². The maximum atomic E-state index is 12.7. The number of benzene rings is 1. The van der Waals surface area contributed by atoms with Gasteiger partial charge >= 0.3 is 0 Å². The van der Waals surface area contributed by atoms with E-state index in [1.54, 1.807) is 0 Å². The van der Waals surface area contributed by atoms with Gasteiger partial charge in [-0.05, 0) is 38.8 Å². The highest BCUT2D eigenvalue weighted by Crippen LogP contribution is 2.48. The van der Waals surface area contributed by atoms with E-state index in [2.05, 4.69) is 55.0 Å². The Morgan fingerprint density at radius 3 is 2.80 bits per heavy atom. The van der Waals surface area contributed by atoms with Gasteiger partial charge in [0.05, 0.1) is 0 Å². The Bertz CT molecular complexity index is 513. The van der Waals surface area contributed by atoms with Crippen LogP contribution in [0.15, 0.2) is 24.3 Å². The van der Waals surface area contributed by atoms with Crippen LogP contribution in [0.4, 0.5) is 0 Å². The molecule has 3 nitrogen and oxygen atoms in total. The minimum Gasteiger partial charge on any atom is -0.337 e. The standard InChI is InChI=1S/C17H24N2O/c1-12-5-4-6-14(9-12)15-10-16(15)17(20)19-8-7-18(3)11-13(19)2/h4-6,9,13,15-16H,7-8,10-11H2,1-3H3. The number of hydrogen-bond acceptors (Lipinski definition) is 2. The zero-order chi connectivity index (χ0) is 14.3. The van der Waals surface area contributed by atoms with Crippen molar-refractivity contribution >= 4 is 5.91 Å². The summed E-state index contributed by atoms with van der Waals surface area (Å²) in [4.78, 5) is 17.1. The van der Waals surface area contributed by atoms with Gasteiger partial charge in [0.2, 0.25) is 5.91 Å². The lowest BCUT2D eigenvalue weighted by molar-refractivity contribution is -0.136. The number of hydrogen-bond donors (Lipinski definition) is 0. The number of nitrogens with zero attached hydrogens (tertiary/aromatic N) is 2. The first kappa shape index (κ1) is 13.6. The minimum absolute atomic E-state index is 0.225. The quantitative estimate of drug-likeness (QED) is 0.824. The van der Waals surface area contributed by atoms with Crippen LogP contribution in [0, 0.1) is 12.8 Å². The predicted octanol–water partition coefficient (Wildman–Crippen LogP) is 2.26. The fourth-order valence-electron chi connectivity index (χ4n) is 3.42. The van der Waals surface area contributed by atoms with Crippen LogP contribution in [0.2, 0.25) is 0 Å². The maximum Gasteiger partial charge on any atom is 0.226 e. The Balaban J connectivity index is 1.65. The maximum absolute atomic E-state index is 12.7. The first-order valence-corrected chi connectivity index (χ1v) is 7.62. The van der Waals surface area contributed by atoms with Crippen LogP contribution in [-0.4, -0.2) is 48.4 Å². The van der Waals surface area contributed by atoms with E-state index in [4.69, 9.17) is 0 Å². The van der Waals surface area contributed by atoms with Crippen LogP contribution in [0.1, 0.15) is 30.4 Å². The summed E-state index contributed by atoms with van der Waals surface area (Å²) >= 11 is 0. The topological polar surface area (TPSA) is 23.6 Å². The zero-order valence-electron chi connectivity index (χ0n) is 12.7. The molecule has 2 fully saturated rings. The molecule has 20 heavy (non-hydrogen) atoms. The predicted molar refractivity (Wildman–Crippen MR) is 80.7 cm³/mol. The molecule has 0 N–H and O–H groups in total. The third-order valence-electron chi connectivity index (χ3n) is 4.69. The third kappa shape index (κ3) is 2.59. The third-order valence-corrected chi connectivity index (χ3v) is 4.69. The van der Waals surface area contributed by atoms with Gasteiger partial charge in [-0.2, -0.15) is 0 Å². The average molecular weight is 272 g/mol. The Morgan fingerprint density at radius 1 is 1.30 bits per heavy atom. The van der Waals surface area contributed by atoms with Crippen molar-refractivity contribution in [1.29, 1.82) is 0 Å². The van der Waals surface area contributed by atoms with Crippen LogP contribution in [0.5, 0.6) is 0 Å². The number of carbonyl (C=O) groups is 1. The summed E-state index contributed by atoms with van der Waals surface area (Å²) in [6.07, 6.45) is 1.03. The molecule has 3 heteroatoms. The van der Waals surface area contributed by atoms with E-state index in [-0.39, 0.29) is 5.92 Å². The molecular weight excluding hydrogens is 248 g/mol. The van der Waals surface area contributed by atoms with Crippen molar-refractivity contribution in [3.05, 3.63) is 35.4 Å². The van der Waals surface area contributed by atoms with E-state index >= 15 is 0 Å². The molecule has 0 radical (unpaired) electrons. The second-order valence-electron chi connectivity index (χ2n) is 6.51. The van der Waals surface area contributed by atoms with Crippen molar-refractivity contribution in [3.63, 3.8) is 0 Å². The molecular formula is C17H24N2O. The SMILES string of the molecule is Cc1cccc(C2CC2C(=O)N2CCN(C)CC2C)c1. The number of amides is 1. The van der Waals surface area contributed by atoms with Crippen molar-refractivity contribution in [2.24, 2.45) is 5.92 Å². The van der Waals surface area contributed by atoms with Gasteiger partial charge < -0.3 is 9.80 Å². The van der Waals surface area contributed by atoms with Crippen LogP contribution in [0.25, 0.3) is 0 Å². The molecule has 1 saturated heterocycles. The normalized spacial score (nSPS) is 30.4. The van der Waals surface area contributed by atoms with E-state index in [1.807, 2.05) is 0 Å².